The van der Waals surface area contributed by atoms with E-state index in [1.807, 2.05) is 0 Å². The summed E-state index contributed by atoms with van der Waals surface area (Å²) in [7, 11) is 1.48. The molecule has 8 heteroatoms. The Hall–Kier alpha value is -2.05. The fraction of sp³-hybridized carbons (Fsp3) is 0.389. The van der Waals surface area contributed by atoms with E-state index in [0.717, 1.165) is 5.56 Å². The molecule has 1 atom stereocenters. The Balaban J connectivity index is 2.15. The maximum atomic E-state index is 12.5. The van der Waals surface area contributed by atoms with Crippen molar-refractivity contribution in [2.45, 2.75) is 39.0 Å². The summed E-state index contributed by atoms with van der Waals surface area (Å²) in [5, 5.41) is 1.11. The minimum absolute atomic E-state index is 0.221. The van der Waals surface area contributed by atoms with E-state index in [9.17, 15) is 9.59 Å². The van der Waals surface area contributed by atoms with E-state index in [2.05, 4.69) is 4.98 Å². The zero-order chi connectivity index (χ0) is 19.2. The highest BCUT2D eigenvalue weighted by molar-refractivity contribution is 6.46. The normalized spacial score (nSPS) is 16.5. The lowest BCUT2D eigenvalue weighted by Crippen LogP contribution is -2.36. The van der Waals surface area contributed by atoms with Crippen LogP contribution in [0.25, 0.3) is 10.9 Å². The van der Waals surface area contributed by atoms with Crippen LogP contribution in [-0.2, 0) is 16.1 Å². The van der Waals surface area contributed by atoms with E-state index in [1.54, 1.807) is 33.0 Å². The summed E-state index contributed by atoms with van der Waals surface area (Å²) in [5.41, 5.74) is 1.20. The van der Waals surface area contributed by atoms with Crippen molar-refractivity contribution in [3.05, 3.63) is 33.4 Å². The second kappa shape index (κ2) is 6.59. The predicted octanol–water partition coefficient (Wildman–Crippen LogP) is 4.54. The predicted molar refractivity (Wildman–Crippen MR) is 98.9 cm³/mol. The number of carbonyl (C=O) groups is 2. The first-order valence-corrected chi connectivity index (χ1v) is 8.72. The number of methoxy groups -OCH3 is 1. The molecule has 1 aliphatic heterocycles. The highest BCUT2D eigenvalue weighted by Crippen LogP contribution is 2.44. The van der Waals surface area contributed by atoms with E-state index in [-0.39, 0.29) is 16.6 Å². The van der Waals surface area contributed by atoms with Crippen LogP contribution < -0.4 is 4.74 Å². The maximum absolute atomic E-state index is 12.5. The number of amides is 1. The number of nitrogens with zero attached hydrogens (tertiary/aromatic N) is 2. The summed E-state index contributed by atoms with van der Waals surface area (Å²) in [4.78, 5) is 30.1. The van der Waals surface area contributed by atoms with Crippen LogP contribution in [0.1, 0.15) is 37.9 Å². The largest absolute Gasteiger partial charge is 0.495 e. The lowest BCUT2D eigenvalue weighted by Gasteiger charge is -2.26. The highest BCUT2D eigenvalue weighted by atomic mass is 35.5. The van der Waals surface area contributed by atoms with Gasteiger partial charge < -0.3 is 14.3 Å². The molecule has 0 fully saturated rings. The van der Waals surface area contributed by atoms with Gasteiger partial charge in [-0.3, -0.25) is 9.88 Å². The van der Waals surface area contributed by atoms with Crippen molar-refractivity contribution in [1.82, 2.24) is 9.88 Å². The van der Waals surface area contributed by atoms with Gasteiger partial charge in [0.25, 0.3) is 0 Å². The lowest BCUT2D eigenvalue weighted by atomic mass is 10.0. The Morgan fingerprint density at radius 1 is 1.35 bits per heavy atom. The van der Waals surface area contributed by atoms with Crippen molar-refractivity contribution < 1.29 is 19.1 Å². The molecular weight excluding hydrogens is 379 g/mol. The van der Waals surface area contributed by atoms with Crippen LogP contribution >= 0.6 is 23.2 Å². The van der Waals surface area contributed by atoms with E-state index >= 15 is 0 Å². The Kier molecular flexibility index (Phi) is 4.75. The summed E-state index contributed by atoms with van der Waals surface area (Å²) >= 11 is 12.5. The molecule has 0 aliphatic carbocycles. The number of pyridine rings is 1. The van der Waals surface area contributed by atoms with Crippen LogP contribution in [0.4, 0.5) is 4.79 Å². The maximum Gasteiger partial charge on any atom is 0.411 e. The van der Waals surface area contributed by atoms with Gasteiger partial charge in [-0.1, -0.05) is 23.2 Å². The Morgan fingerprint density at radius 2 is 2.04 bits per heavy atom. The fourth-order valence-corrected chi connectivity index (χ4v) is 3.48. The molecule has 1 aromatic carbocycles. The van der Waals surface area contributed by atoms with Crippen LogP contribution in [0.15, 0.2) is 12.3 Å². The van der Waals surface area contributed by atoms with Crippen LogP contribution in [0.5, 0.6) is 5.75 Å². The molecule has 2 aromatic rings. The molecule has 2 heterocycles. The summed E-state index contributed by atoms with van der Waals surface area (Å²) < 4.78 is 10.7. The van der Waals surface area contributed by atoms with E-state index in [4.69, 9.17) is 32.7 Å². The van der Waals surface area contributed by atoms with Crippen molar-refractivity contribution in [3.8, 4) is 5.75 Å². The quantitative estimate of drug-likeness (QED) is 0.696. The summed E-state index contributed by atoms with van der Waals surface area (Å²) in [5.74, 6) is 0.375. The number of hydrogen-bond donors (Lipinski definition) is 0. The second-order valence-corrected chi connectivity index (χ2v) is 7.75. The molecule has 0 radical (unpaired) electrons. The van der Waals surface area contributed by atoms with Gasteiger partial charge in [0.05, 0.1) is 24.2 Å². The topological polar surface area (TPSA) is 68.7 Å². The Bertz CT molecular complexity index is 908. The molecule has 0 spiro atoms. The van der Waals surface area contributed by atoms with Gasteiger partial charge in [0.1, 0.15) is 28.7 Å². The van der Waals surface area contributed by atoms with Gasteiger partial charge in [-0.05, 0) is 38.0 Å². The van der Waals surface area contributed by atoms with Crippen LogP contribution in [0.3, 0.4) is 0 Å². The van der Waals surface area contributed by atoms with Crippen molar-refractivity contribution in [2.24, 2.45) is 0 Å². The molecule has 0 N–H and O–H groups in total. The number of aldehydes is 1. The second-order valence-electron chi connectivity index (χ2n) is 6.99. The van der Waals surface area contributed by atoms with Gasteiger partial charge in [0.15, 0.2) is 0 Å². The smallest absolute Gasteiger partial charge is 0.411 e. The van der Waals surface area contributed by atoms with Crippen LogP contribution in [0.2, 0.25) is 10.0 Å². The average molecular weight is 397 g/mol. The number of benzene rings is 1. The monoisotopic (exact) mass is 396 g/mol. The first kappa shape index (κ1) is 18.7. The first-order chi connectivity index (χ1) is 12.2. The van der Waals surface area contributed by atoms with Gasteiger partial charge in [-0.25, -0.2) is 4.79 Å². The van der Waals surface area contributed by atoms with Crippen molar-refractivity contribution in [1.29, 1.82) is 0 Å². The van der Waals surface area contributed by atoms with Gasteiger partial charge in [0.2, 0.25) is 0 Å². The standard InChI is InChI=1S/C18H18Cl2N2O4/c1-18(2,3)26-17(24)22-7-9-6-21-16-10(13(9)11(22)8-23)5-12(25-4)14(19)15(16)20/h5-6,8,11H,7H2,1-4H3. The van der Waals surface area contributed by atoms with Crippen molar-refractivity contribution in [2.75, 3.05) is 7.11 Å². The molecule has 0 saturated carbocycles. The molecule has 6 nitrogen and oxygen atoms in total. The van der Waals surface area contributed by atoms with Gasteiger partial charge >= 0.3 is 6.09 Å². The number of rotatable bonds is 2. The number of fused-ring (bicyclic) bond motifs is 3. The zero-order valence-corrected chi connectivity index (χ0v) is 16.3. The first-order valence-electron chi connectivity index (χ1n) is 7.96. The van der Waals surface area contributed by atoms with E-state index < -0.39 is 17.7 Å². The minimum Gasteiger partial charge on any atom is -0.495 e. The van der Waals surface area contributed by atoms with Gasteiger partial charge in [-0.2, -0.15) is 0 Å². The molecule has 1 aliphatic rings. The third kappa shape index (κ3) is 3.08. The SMILES string of the molecule is COc1cc2c3c(cnc2c(Cl)c1Cl)CN(C(=O)OC(C)(C)C)C3C=O. The summed E-state index contributed by atoms with van der Waals surface area (Å²) in [6, 6.07) is 0.886. The van der Waals surface area contributed by atoms with Crippen molar-refractivity contribution in [3.63, 3.8) is 0 Å². The number of carbonyl (C=O) groups excluding carboxylic acids is 2. The number of halogens is 2. The molecule has 3 rings (SSSR count). The van der Waals surface area contributed by atoms with Gasteiger partial charge in [0, 0.05) is 11.6 Å². The number of ether oxygens (including phenoxy) is 2. The third-order valence-corrected chi connectivity index (χ3v) is 4.92. The molecule has 0 saturated heterocycles. The Morgan fingerprint density at radius 3 is 2.62 bits per heavy atom. The molecule has 1 aromatic heterocycles. The highest BCUT2D eigenvalue weighted by Gasteiger charge is 2.38. The molecule has 26 heavy (non-hydrogen) atoms. The minimum atomic E-state index is -0.799. The molecule has 0 bridgehead atoms. The van der Waals surface area contributed by atoms with Gasteiger partial charge in [-0.15, -0.1) is 0 Å². The molecular formula is C18H18Cl2N2O4. The van der Waals surface area contributed by atoms with Crippen LogP contribution in [0, 0.1) is 0 Å². The molecule has 1 amide bonds. The molecule has 138 valence electrons. The lowest BCUT2D eigenvalue weighted by molar-refractivity contribution is -0.112. The van der Waals surface area contributed by atoms with Crippen LogP contribution in [-0.4, -0.2) is 35.0 Å². The fourth-order valence-electron chi connectivity index (χ4n) is 3.01. The van der Waals surface area contributed by atoms with E-state index in [1.165, 1.54) is 12.0 Å². The number of hydrogen-bond acceptors (Lipinski definition) is 5. The Labute approximate surface area is 161 Å². The third-order valence-electron chi connectivity index (χ3n) is 4.08. The average Bonchev–Trinajstić information content (AvgIpc) is 2.95. The van der Waals surface area contributed by atoms with E-state index in [0.29, 0.717) is 28.5 Å². The van der Waals surface area contributed by atoms with Crippen molar-refractivity contribution >= 4 is 46.5 Å². The zero-order valence-electron chi connectivity index (χ0n) is 14.8. The summed E-state index contributed by atoms with van der Waals surface area (Å²) in [6.45, 7) is 5.54. The molecule has 1 unspecified atom stereocenters. The number of aromatic nitrogens is 1. The summed E-state index contributed by atoms with van der Waals surface area (Å²) in [6.07, 6.45) is 1.75.